The van der Waals surface area contributed by atoms with Gasteiger partial charge < -0.3 is 15.8 Å². The van der Waals surface area contributed by atoms with Crippen LogP contribution in [0.2, 0.25) is 0 Å². The smallest absolute Gasteiger partial charge is 0.337 e. The molecule has 0 saturated carbocycles. The van der Waals surface area contributed by atoms with Crippen LogP contribution in [0, 0.1) is 0 Å². The van der Waals surface area contributed by atoms with Gasteiger partial charge in [0.15, 0.2) is 0 Å². The second-order valence-electron chi connectivity index (χ2n) is 4.12. The molecule has 18 heavy (non-hydrogen) atoms. The first kappa shape index (κ1) is 14.7. The molecule has 0 bridgehead atoms. The zero-order valence-electron chi connectivity index (χ0n) is 11.0. The highest BCUT2D eigenvalue weighted by atomic mass is 32.2. The largest absolute Gasteiger partial charge is 0.465 e. The minimum absolute atomic E-state index is 0.313. The minimum Gasteiger partial charge on any atom is -0.465 e. The summed E-state index contributed by atoms with van der Waals surface area (Å²) in [6, 6.07) is 5.43. The lowest BCUT2D eigenvalue weighted by molar-refractivity contribution is 0.0601. The number of hydrogen-bond donors (Lipinski definition) is 2. The molecule has 1 rings (SSSR count). The van der Waals surface area contributed by atoms with E-state index in [0.717, 1.165) is 17.9 Å². The fraction of sp³-hybridized carbons (Fsp3) is 0.462. The molecule has 5 heteroatoms. The minimum atomic E-state index is -0.352. The van der Waals surface area contributed by atoms with Gasteiger partial charge in [0.2, 0.25) is 0 Å². The summed E-state index contributed by atoms with van der Waals surface area (Å²) in [4.78, 5) is 11.4. The fourth-order valence-electron chi connectivity index (χ4n) is 1.56. The molecule has 0 aromatic heterocycles. The Bertz CT molecular complexity index is 410. The number of benzene rings is 1. The molecule has 0 aliphatic carbocycles. The van der Waals surface area contributed by atoms with Gasteiger partial charge in [0.25, 0.3) is 0 Å². The highest BCUT2D eigenvalue weighted by Crippen LogP contribution is 2.22. The zero-order valence-corrected chi connectivity index (χ0v) is 11.8. The summed E-state index contributed by atoms with van der Waals surface area (Å²) < 4.78 is 4.69. The Morgan fingerprint density at radius 1 is 1.56 bits per heavy atom. The van der Waals surface area contributed by atoms with Crippen molar-refractivity contribution in [1.82, 2.24) is 0 Å². The summed E-state index contributed by atoms with van der Waals surface area (Å²) in [5.74, 6) is 0.736. The van der Waals surface area contributed by atoms with Gasteiger partial charge in [0.05, 0.1) is 24.0 Å². The van der Waals surface area contributed by atoms with Crippen LogP contribution in [0.15, 0.2) is 18.2 Å². The van der Waals surface area contributed by atoms with E-state index in [-0.39, 0.29) is 5.97 Å². The van der Waals surface area contributed by atoms with Crippen molar-refractivity contribution in [2.75, 3.05) is 30.2 Å². The Morgan fingerprint density at radius 3 is 2.89 bits per heavy atom. The molecule has 1 atom stereocenters. The predicted molar refractivity (Wildman–Crippen MR) is 78.3 cm³/mol. The van der Waals surface area contributed by atoms with E-state index < -0.39 is 0 Å². The Hall–Kier alpha value is -1.36. The van der Waals surface area contributed by atoms with Gasteiger partial charge in [-0.2, -0.15) is 11.8 Å². The van der Waals surface area contributed by atoms with Gasteiger partial charge in [-0.25, -0.2) is 4.79 Å². The number of nitrogens with two attached hydrogens (primary N) is 1. The molecule has 1 unspecified atom stereocenters. The molecular weight excluding hydrogens is 248 g/mol. The number of thioether (sulfide) groups is 1. The van der Waals surface area contributed by atoms with E-state index in [2.05, 4.69) is 18.5 Å². The Balaban J connectivity index is 2.77. The number of methoxy groups -OCH3 is 1. The number of esters is 1. The van der Waals surface area contributed by atoms with Crippen molar-refractivity contribution in [2.24, 2.45) is 0 Å². The molecule has 0 saturated heterocycles. The Morgan fingerprint density at radius 2 is 2.28 bits per heavy atom. The second kappa shape index (κ2) is 7.16. The van der Waals surface area contributed by atoms with E-state index in [1.54, 1.807) is 18.2 Å². The predicted octanol–water partition coefficient (Wildman–Crippen LogP) is 2.61. The Labute approximate surface area is 112 Å². The van der Waals surface area contributed by atoms with Gasteiger partial charge >= 0.3 is 5.97 Å². The number of hydrogen-bond acceptors (Lipinski definition) is 5. The zero-order chi connectivity index (χ0) is 13.5. The topological polar surface area (TPSA) is 64.3 Å². The summed E-state index contributed by atoms with van der Waals surface area (Å²) >= 11 is 1.81. The SMILES string of the molecule is COC(=O)c1ccc(N)c(NC(C)CCSC)c1. The van der Waals surface area contributed by atoms with E-state index in [0.29, 0.717) is 17.3 Å². The van der Waals surface area contributed by atoms with Crippen LogP contribution in [0.3, 0.4) is 0 Å². The van der Waals surface area contributed by atoms with Crippen molar-refractivity contribution in [1.29, 1.82) is 0 Å². The molecule has 4 nitrogen and oxygen atoms in total. The third-order valence-corrected chi connectivity index (χ3v) is 3.28. The maximum absolute atomic E-state index is 11.4. The van der Waals surface area contributed by atoms with Crippen molar-refractivity contribution < 1.29 is 9.53 Å². The molecule has 0 heterocycles. The average molecular weight is 268 g/mol. The third kappa shape index (κ3) is 4.14. The highest BCUT2D eigenvalue weighted by molar-refractivity contribution is 7.98. The van der Waals surface area contributed by atoms with E-state index in [1.807, 2.05) is 11.8 Å². The normalized spacial score (nSPS) is 11.9. The summed E-state index contributed by atoms with van der Waals surface area (Å²) in [5.41, 5.74) is 7.82. The van der Waals surface area contributed by atoms with Crippen LogP contribution in [-0.2, 0) is 4.74 Å². The van der Waals surface area contributed by atoms with E-state index in [9.17, 15) is 4.79 Å². The number of rotatable bonds is 6. The summed E-state index contributed by atoms with van der Waals surface area (Å²) in [7, 11) is 1.37. The number of nitrogens with one attached hydrogen (secondary N) is 1. The van der Waals surface area contributed by atoms with Crippen molar-refractivity contribution in [3.63, 3.8) is 0 Å². The van der Waals surface area contributed by atoms with E-state index in [1.165, 1.54) is 7.11 Å². The summed E-state index contributed by atoms with van der Waals surface area (Å²) in [6.45, 7) is 2.10. The lowest BCUT2D eigenvalue weighted by Gasteiger charge is -2.17. The van der Waals surface area contributed by atoms with Gasteiger partial charge in [0, 0.05) is 6.04 Å². The fourth-order valence-corrected chi connectivity index (χ4v) is 2.15. The molecule has 0 radical (unpaired) electrons. The number of ether oxygens (including phenoxy) is 1. The molecule has 100 valence electrons. The van der Waals surface area contributed by atoms with Crippen molar-refractivity contribution in [3.05, 3.63) is 23.8 Å². The molecule has 0 fully saturated rings. The van der Waals surface area contributed by atoms with Gasteiger partial charge in [0.1, 0.15) is 0 Å². The highest BCUT2D eigenvalue weighted by Gasteiger charge is 2.10. The first-order chi connectivity index (χ1) is 8.58. The quantitative estimate of drug-likeness (QED) is 0.613. The van der Waals surface area contributed by atoms with Crippen molar-refractivity contribution in [3.8, 4) is 0 Å². The maximum atomic E-state index is 11.4. The second-order valence-corrected chi connectivity index (χ2v) is 5.11. The number of carbonyl (C=O) groups is 1. The van der Waals surface area contributed by atoms with E-state index >= 15 is 0 Å². The van der Waals surface area contributed by atoms with Crippen LogP contribution >= 0.6 is 11.8 Å². The maximum Gasteiger partial charge on any atom is 0.337 e. The standard InChI is InChI=1S/C13H20N2O2S/c1-9(6-7-18-3)15-12-8-10(13(16)17-2)4-5-11(12)14/h4-5,8-9,15H,6-7,14H2,1-3H3. The van der Waals surface area contributed by atoms with Gasteiger partial charge in [-0.1, -0.05) is 0 Å². The molecule has 0 aliphatic rings. The number of anilines is 2. The van der Waals surface area contributed by atoms with Crippen LogP contribution in [0.25, 0.3) is 0 Å². The lowest BCUT2D eigenvalue weighted by atomic mass is 10.1. The molecule has 3 N–H and O–H groups in total. The van der Waals surface area contributed by atoms with Crippen LogP contribution in [-0.4, -0.2) is 31.1 Å². The third-order valence-electron chi connectivity index (χ3n) is 2.63. The molecule has 0 amide bonds. The first-order valence-electron chi connectivity index (χ1n) is 5.81. The molecule has 0 spiro atoms. The van der Waals surface area contributed by atoms with Crippen LogP contribution < -0.4 is 11.1 Å². The van der Waals surface area contributed by atoms with Crippen molar-refractivity contribution >= 4 is 29.1 Å². The Kier molecular flexibility index (Phi) is 5.85. The average Bonchev–Trinajstić information content (AvgIpc) is 2.38. The monoisotopic (exact) mass is 268 g/mol. The molecule has 1 aromatic carbocycles. The number of nitrogen functional groups attached to an aromatic ring is 1. The van der Waals surface area contributed by atoms with Crippen LogP contribution in [0.1, 0.15) is 23.7 Å². The van der Waals surface area contributed by atoms with Gasteiger partial charge in [-0.15, -0.1) is 0 Å². The molecule has 1 aromatic rings. The summed E-state index contributed by atoms with van der Waals surface area (Å²) in [6.07, 6.45) is 3.13. The number of carbonyl (C=O) groups excluding carboxylic acids is 1. The van der Waals surface area contributed by atoms with Crippen LogP contribution in [0.5, 0.6) is 0 Å². The van der Waals surface area contributed by atoms with E-state index in [4.69, 9.17) is 10.5 Å². The first-order valence-corrected chi connectivity index (χ1v) is 7.21. The van der Waals surface area contributed by atoms with Crippen molar-refractivity contribution in [2.45, 2.75) is 19.4 Å². The molecular formula is C13H20N2O2S. The lowest BCUT2D eigenvalue weighted by Crippen LogP contribution is -2.17. The van der Waals surface area contributed by atoms with Crippen LogP contribution in [0.4, 0.5) is 11.4 Å². The van der Waals surface area contributed by atoms with Gasteiger partial charge in [-0.3, -0.25) is 0 Å². The van der Waals surface area contributed by atoms with Gasteiger partial charge in [-0.05, 0) is 43.6 Å². The summed E-state index contributed by atoms with van der Waals surface area (Å²) in [5, 5.41) is 3.32. The molecule has 0 aliphatic heterocycles.